The number of benzene rings is 1. The second-order valence-electron chi connectivity index (χ2n) is 7.17. The molecule has 3 aromatic rings. The number of carbonyl (C=O) groups is 2. The number of hydrogen-bond donors (Lipinski definition) is 2. The van der Waals surface area contributed by atoms with Gasteiger partial charge in [-0.3, -0.25) is 9.59 Å². The van der Waals surface area contributed by atoms with E-state index in [1.165, 1.54) is 11.8 Å². The van der Waals surface area contributed by atoms with Gasteiger partial charge in [-0.1, -0.05) is 44.2 Å². The lowest BCUT2D eigenvalue weighted by atomic mass is 10.0. The van der Waals surface area contributed by atoms with Crippen LogP contribution < -0.4 is 10.6 Å². The molecule has 0 aliphatic heterocycles. The number of nitrogens with zero attached hydrogens (tertiary/aromatic N) is 2. The van der Waals surface area contributed by atoms with Gasteiger partial charge in [0.25, 0.3) is 5.91 Å². The van der Waals surface area contributed by atoms with Crippen LogP contribution in [-0.2, 0) is 17.8 Å². The Labute approximate surface area is 170 Å². The summed E-state index contributed by atoms with van der Waals surface area (Å²) >= 11 is 0. The summed E-state index contributed by atoms with van der Waals surface area (Å²) in [7, 11) is 0. The minimum absolute atomic E-state index is 0.0611. The summed E-state index contributed by atoms with van der Waals surface area (Å²) in [6.07, 6.45) is 5.73. The van der Waals surface area contributed by atoms with E-state index in [4.69, 9.17) is 4.42 Å². The summed E-state index contributed by atoms with van der Waals surface area (Å²) < 4.78 is 7.16. The van der Waals surface area contributed by atoms with Crippen molar-refractivity contribution in [3.05, 3.63) is 78.3 Å². The largest absolute Gasteiger partial charge is 0.459 e. The zero-order valence-corrected chi connectivity index (χ0v) is 16.7. The zero-order valence-electron chi connectivity index (χ0n) is 16.7. The number of carbonyl (C=O) groups excluding carboxylic acids is 2. The van der Waals surface area contributed by atoms with Gasteiger partial charge in [0, 0.05) is 31.9 Å². The van der Waals surface area contributed by atoms with Crippen LogP contribution in [0.4, 0.5) is 0 Å². The van der Waals surface area contributed by atoms with Gasteiger partial charge in [0.05, 0.1) is 6.26 Å². The molecule has 1 atom stereocenters. The van der Waals surface area contributed by atoms with E-state index in [0.29, 0.717) is 13.0 Å². The van der Waals surface area contributed by atoms with Crippen LogP contribution in [0, 0.1) is 5.92 Å². The van der Waals surface area contributed by atoms with Crippen LogP contribution in [0.1, 0.15) is 35.8 Å². The Morgan fingerprint density at radius 2 is 1.93 bits per heavy atom. The highest BCUT2D eigenvalue weighted by Gasteiger charge is 2.25. The smallest absolute Gasteiger partial charge is 0.287 e. The maximum Gasteiger partial charge on any atom is 0.287 e. The SMILES string of the molecule is CC(C)C(NC(=O)c1ccco1)C(=O)NCCc1nccn1Cc1ccccc1. The first-order valence-electron chi connectivity index (χ1n) is 9.70. The van der Waals surface area contributed by atoms with Gasteiger partial charge in [-0.15, -0.1) is 0 Å². The molecule has 152 valence electrons. The minimum Gasteiger partial charge on any atom is -0.459 e. The third kappa shape index (κ3) is 5.57. The Balaban J connectivity index is 1.53. The monoisotopic (exact) mass is 394 g/mol. The van der Waals surface area contributed by atoms with Crippen molar-refractivity contribution in [3.63, 3.8) is 0 Å². The van der Waals surface area contributed by atoms with Crippen molar-refractivity contribution in [2.75, 3.05) is 6.54 Å². The van der Waals surface area contributed by atoms with E-state index >= 15 is 0 Å². The molecule has 29 heavy (non-hydrogen) atoms. The van der Waals surface area contributed by atoms with Gasteiger partial charge in [0.15, 0.2) is 5.76 Å². The van der Waals surface area contributed by atoms with Gasteiger partial charge in [0.1, 0.15) is 11.9 Å². The van der Waals surface area contributed by atoms with Crippen molar-refractivity contribution in [2.24, 2.45) is 5.92 Å². The van der Waals surface area contributed by atoms with Crippen LogP contribution in [-0.4, -0.2) is 34.0 Å². The molecule has 7 nitrogen and oxygen atoms in total. The van der Waals surface area contributed by atoms with Crippen LogP contribution in [0.5, 0.6) is 0 Å². The Hall–Kier alpha value is -3.35. The van der Waals surface area contributed by atoms with Gasteiger partial charge < -0.3 is 19.6 Å². The van der Waals surface area contributed by atoms with Crippen molar-refractivity contribution in [3.8, 4) is 0 Å². The lowest BCUT2D eigenvalue weighted by Crippen LogP contribution is -2.50. The molecular formula is C22H26N4O3. The van der Waals surface area contributed by atoms with Crippen LogP contribution in [0.3, 0.4) is 0 Å². The Morgan fingerprint density at radius 3 is 2.62 bits per heavy atom. The summed E-state index contributed by atoms with van der Waals surface area (Å²) in [6.45, 7) is 4.95. The molecule has 0 fully saturated rings. The van der Waals surface area contributed by atoms with Gasteiger partial charge in [-0.25, -0.2) is 4.98 Å². The maximum atomic E-state index is 12.6. The van der Waals surface area contributed by atoms with Crippen molar-refractivity contribution in [1.29, 1.82) is 0 Å². The molecule has 1 aromatic carbocycles. The highest BCUT2D eigenvalue weighted by Crippen LogP contribution is 2.08. The highest BCUT2D eigenvalue weighted by atomic mass is 16.3. The summed E-state index contributed by atoms with van der Waals surface area (Å²) in [5.74, 6) is 0.401. The average molecular weight is 394 g/mol. The molecule has 1 unspecified atom stereocenters. The topological polar surface area (TPSA) is 89.2 Å². The molecular weight excluding hydrogens is 368 g/mol. The fraction of sp³-hybridized carbons (Fsp3) is 0.318. The number of amides is 2. The zero-order chi connectivity index (χ0) is 20.6. The number of rotatable bonds is 9. The van der Waals surface area contributed by atoms with E-state index in [9.17, 15) is 9.59 Å². The number of aromatic nitrogens is 2. The number of furan rings is 1. The first kappa shape index (κ1) is 20.4. The number of hydrogen-bond acceptors (Lipinski definition) is 4. The summed E-state index contributed by atoms with van der Waals surface area (Å²) in [5, 5.41) is 5.65. The molecule has 0 saturated carbocycles. The maximum absolute atomic E-state index is 12.6. The molecule has 2 amide bonds. The summed E-state index contributed by atoms with van der Waals surface area (Å²) in [4.78, 5) is 29.2. The molecule has 0 aliphatic rings. The van der Waals surface area contributed by atoms with Crippen LogP contribution in [0.15, 0.2) is 65.5 Å². The molecule has 0 aliphatic carbocycles. The van der Waals surface area contributed by atoms with E-state index in [1.54, 1.807) is 18.3 Å². The van der Waals surface area contributed by atoms with Crippen molar-refractivity contribution >= 4 is 11.8 Å². The van der Waals surface area contributed by atoms with E-state index < -0.39 is 11.9 Å². The molecule has 2 aromatic heterocycles. The lowest BCUT2D eigenvalue weighted by molar-refractivity contribution is -0.123. The van der Waals surface area contributed by atoms with E-state index in [2.05, 4.69) is 32.3 Å². The highest BCUT2D eigenvalue weighted by molar-refractivity contribution is 5.95. The first-order valence-corrected chi connectivity index (χ1v) is 9.70. The third-order valence-corrected chi connectivity index (χ3v) is 4.63. The van der Waals surface area contributed by atoms with Crippen molar-refractivity contribution < 1.29 is 14.0 Å². The predicted molar refractivity (Wildman–Crippen MR) is 109 cm³/mol. The molecule has 0 radical (unpaired) electrons. The second-order valence-corrected chi connectivity index (χ2v) is 7.17. The summed E-state index contributed by atoms with van der Waals surface area (Å²) in [6, 6.07) is 12.7. The molecule has 0 saturated heterocycles. The van der Waals surface area contributed by atoms with Crippen LogP contribution >= 0.6 is 0 Å². The van der Waals surface area contributed by atoms with Crippen LogP contribution in [0.2, 0.25) is 0 Å². The standard InChI is InChI=1S/C22H26N4O3/c1-16(2)20(25-21(27)18-9-6-14-29-18)22(28)24-11-10-19-23-12-13-26(19)15-17-7-4-3-5-8-17/h3-9,12-14,16,20H,10-11,15H2,1-2H3,(H,24,28)(H,25,27). The predicted octanol–water partition coefficient (Wildman–Crippen LogP) is 2.64. The molecule has 0 spiro atoms. The fourth-order valence-corrected chi connectivity index (χ4v) is 3.05. The molecule has 0 bridgehead atoms. The second kappa shape index (κ2) is 9.73. The van der Waals surface area contributed by atoms with E-state index in [-0.39, 0.29) is 17.6 Å². The summed E-state index contributed by atoms with van der Waals surface area (Å²) in [5.41, 5.74) is 1.19. The number of nitrogens with one attached hydrogen (secondary N) is 2. The Morgan fingerprint density at radius 1 is 1.14 bits per heavy atom. The lowest BCUT2D eigenvalue weighted by Gasteiger charge is -2.21. The van der Waals surface area contributed by atoms with Crippen LogP contribution in [0.25, 0.3) is 0 Å². The minimum atomic E-state index is -0.642. The quantitative estimate of drug-likeness (QED) is 0.584. The Bertz CT molecular complexity index is 917. The van der Waals surface area contributed by atoms with E-state index in [1.807, 2.05) is 38.2 Å². The van der Waals surface area contributed by atoms with Gasteiger partial charge in [-0.05, 0) is 23.6 Å². The average Bonchev–Trinajstić information content (AvgIpc) is 3.39. The third-order valence-electron chi connectivity index (χ3n) is 4.63. The molecule has 3 rings (SSSR count). The van der Waals surface area contributed by atoms with Gasteiger partial charge >= 0.3 is 0 Å². The first-order chi connectivity index (χ1) is 14.0. The number of imidazole rings is 1. The fourth-order valence-electron chi connectivity index (χ4n) is 3.05. The van der Waals surface area contributed by atoms with Crippen molar-refractivity contribution in [1.82, 2.24) is 20.2 Å². The Kier molecular flexibility index (Phi) is 6.84. The molecule has 2 N–H and O–H groups in total. The van der Waals surface area contributed by atoms with Crippen molar-refractivity contribution in [2.45, 2.75) is 32.9 Å². The van der Waals surface area contributed by atoms with Gasteiger partial charge in [-0.2, -0.15) is 0 Å². The normalized spacial score (nSPS) is 12.0. The molecule has 2 heterocycles. The van der Waals surface area contributed by atoms with E-state index in [0.717, 1.165) is 12.4 Å². The van der Waals surface area contributed by atoms with Gasteiger partial charge in [0.2, 0.25) is 5.91 Å². The molecule has 7 heteroatoms.